The van der Waals surface area contributed by atoms with Crippen molar-refractivity contribution >= 4 is 12.2 Å². The molecule has 0 saturated carbocycles. The molecule has 2 unspecified atom stereocenters. The van der Waals surface area contributed by atoms with E-state index in [1.54, 1.807) is 12.1 Å². The highest BCUT2D eigenvalue weighted by Crippen LogP contribution is 2.44. The summed E-state index contributed by atoms with van der Waals surface area (Å²) in [4.78, 5) is 0. The van der Waals surface area contributed by atoms with Crippen LogP contribution in [0.15, 0.2) is 79.9 Å². The third kappa shape index (κ3) is 3.71. The molecule has 4 rings (SSSR count). The molecular formula is C27H25F. The third-order valence-electron chi connectivity index (χ3n) is 5.98. The van der Waals surface area contributed by atoms with Gasteiger partial charge in [-0.2, -0.15) is 0 Å². The highest BCUT2D eigenvalue weighted by Gasteiger charge is 2.30. The summed E-state index contributed by atoms with van der Waals surface area (Å²) in [7, 11) is 0. The van der Waals surface area contributed by atoms with Crippen LogP contribution in [-0.4, -0.2) is 0 Å². The van der Waals surface area contributed by atoms with Gasteiger partial charge >= 0.3 is 0 Å². The van der Waals surface area contributed by atoms with Gasteiger partial charge in [-0.25, -0.2) is 4.39 Å². The summed E-state index contributed by atoms with van der Waals surface area (Å²) >= 11 is 0. The smallest absolute Gasteiger partial charge is 0.123 e. The Morgan fingerprint density at radius 2 is 1.54 bits per heavy atom. The molecule has 3 aromatic carbocycles. The summed E-state index contributed by atoms with van der Waals surface area (Å²) in [5.74, 6) is 0.594. The van der Waals surface area contributed by atoms with Crippen LogP contribution in [0.2, 0.25) is 0 Å². The van der Waals surface area contributed by atoms with E-state index >= 15 is 0 Å². The van der Waals surface area contributed by atoms with Crippen LogP contribution in [0.1, 0.15) is 51.6 Å². The Morgan fingerprint density at radius 1 is 0.857 bits per heavy atom. The summed E-state index contributed by atoms with van der Waals surface area (Å²) in [5, 5.41) is 0. The first-order valence-corrected chi connectivity index (χ1v) is 9.90. The first kappa shape index (κ1) is 18.4. The van der Waals surface area contributed by atoms with Crippen molar-refractivity contribution < 1.29 is 4.39 Å². The van der Waals surface area contributed by atoms with E-state index in [1.165, 1.54) is 27.8 Å². The van der Waals surface area contributed by atoms with Crippen molar-refractivity contribution in [1.29, 1.82) is 0 Å². The van der Waals surface area contributed by atoms with Gasteiger partial charge in [0.15, 0.2) is 0 Å². The molecule has 2 atom stereocenters. The quantitative estimate of drug-likeness (QED) is 0.448. The Hall–Kier alpha value is -2.93. The number of halogens is 1. The molecule has 0 spiro atoms. The lowest BCUT2D eigenvalue weighted by molar-refractivity contribution is 0.470. The zero-order chi connectivity index (χ0) is 19.5. The minimum Gasteiger partial charge on any atom is -0.207 e. The molecular weight excluding hydrogens is 343 g/mol. The Labute approximate surface area is 167 Å². The highest BCUT2D eigenvalue weighted by molar-refractivity contribution is 5.52. The van der Waals surface area contributed by atoms with Gasteiger partial charge in [-0.1, -0.05) is 79.9 Å². The van der Waals surface area contributed by atoms with Crippen LogP contribution < -0.4 is 0 Å². The van der Waals surface area contributed by atoms with E-state index < -0.39 is 0 Å². The van der Waals surface area contributed by atoms with Crippen molar-refractivity contribution in [2.75, 3.05) is 0 Å². The molecule has 1 aliphatic rings. The molecule has 0 aliphatic heterocycles. The maximum Gasteiger partial charge on any atom is 0.123 e. The first-order valence-electron chi connectivity index (χ1n) is 9.90. The average molecular weight is 368 g/mol. The van der Waals surface area contributed by atoms with Crippen LogP contribution in [0, 0.1) is 5.82 Å². The Bertz CT molecular complexity index is 980. The second kappa shape index (κ2) is 7.98. The topological polar surface area (TPSA) is 0 Å². The molecule has 0 heterocycles. The normalized spacial score (nSPS) is 18.3. The second-order valence-electron chi connectivity index (χ2n) is 7.62. The van der Waals surface area contributed by atoms with Crippen molar-refractivity contribution in [3.8, 4) is 0 Å². The Kier molecular flexibility index (Phi) is 5.25. The van der Waals surface area contributed by atoms with Crippen LogP contribution in [0.4, 0.5) is 4.39 Å². The molecule has 140 valence electrons. The van der Waals surface area contributed by atoms with Gasteiger partial charge in [0.25, 0.3) is 0 Å². The average Bonchev–Trinajstić information content (AvgIpc) is 2.75. The molecule has 0 amide bonds. The number of benzene rings is 3. The number of rotatable bonds is 5. The minimum absolute atomic E-state index is 0.174. The van der Waals surface area contributed by atoms with E-state index in [-0.39, 0.29) is 5.82 Å². The molecule has 0 N–H and O–H groups in total. The van der Waals surface area contributed by atoms with Gasteiger partial charge in [-0.05, 0) is 76.6 Å². The third-order valence-corrected chi connectivity index (χ3v) is 5.98. The highest BCUT2D eigenvalue weighted by atomic mass is 19.1. The SMILES string of the molecule is C=Cc1ccc(CC2c3ccc(C=C)cc3CCC2c2ccc(F)cc2)cc1. The Balaban J connectivity index is 1.73. The number of hydrogen-bond acceptors (Lipinski definition) is 0. The molecule has 1 aliphatic carbocycles. The zero-order valence-electron chi connectivity index (χ0n) is 16.1. The van der Waals surface area contributed by atoms with E-state index in [9.17, 15) is 4.39 Å². The van der Waals surface area contributed by atoms with Gasteiger partial charge < -0.3 is 0 Å². The van der Waals surface area contributed by atoms with Crippen LogP contribution in [-0.2, 0) is 12.8 Å². The Morgan fingerprint density at radius 3 is 2.21 bits per heavy atom. The van der Waals surface area contributed by atoms with Gasteiger partial charge in [0, 0.05) is 0 Å². The van der Waals surface area contributed by atoms with Crippen LogP contribution in [0.5, 0.6) is 0 Å². The fraction of sp³-hybridized carbons (Fsp3) is 0.185. The van der Waals surface area contributed by atoms with Crippen molar-refractivity contribution in [3.05, 3.63) is 119 Å². The minimum atomic E-state index is -0.174. The monoisotopic (exact) mass is 368 g/mol. The van der Waals surface area contributed by atoms with Crippen molar-refractivity contribution in [1.82, 2.24) is 0 Å². The van der Waals surface area contributed by atoms with Crippen LogP contribution in [0.3, 0.4) is 0 Å². The summed E-state index contributed by atoms with van der Waals surface area (Å²) in [6, 6.07) is 22.4. The lowest BCUT2D eigenvalue weighted by Gasteiger charge is -2.34. The predicted molar refractivity (Wildman–Crippen MR) is 117 cm³/mol. The molecule has 0 bridgehead atoms. The molecule has 3 aromatic rings. The van der Waals surface area contributed by atoms with Crippen molar-refractivity contribution in [2.45, 2.75) is 31.1 Å². The molecule has 0 aromatic heterocycles. The van der Waals surface area contributed by atoms with E-state index in [1.807, 2.05) is 24.3 Å². The fourth-order valence-electron chi connectivity index (χ4n) is 4.46. The molecule has 1 heteroatoms. The van der Waals surface area contributed by atoms with E-state index in [0.29, 0.717) is 11.8 Å². The molecule has 28 heavy (non-hydrogen) atoms. The first-order chi connectivity index (χ1) is 13.7. The van der Waals surface area contributed by atoms with E-state index in [4.69, 9.17) is 0 Å². The van der Waals surface area contributed by atoms with E-state index in [0.717, 1.165) is 24.8 Å². The molecule has 0 radical (unpaired) electrons. The predicted octanol–water partition coefficient (Wildman–Crippen LogP) is 7.17. The van der Waals surface area contributed by atoms with Gasteiger partial charge in [0.05, 0.1) is 0 Å². The van der Waals surface area contributed by atoms with Crippen LogP contribution >= 0.6 is 0 Å². The number of fused-ring (bicyclic) bond motifs is 1. The van der Waals surface area contributed by atoms with Gasteiger partial charge in [0.1, 0.15) is 5.82 Å². The molecule has 0 nitrogen and oxygen atoms in total. The summed E-state index contributed by atoms with van der Waals surface area (Å²) < 4.78 is 13.5. The fourth-order valence-corrected chi connectivity index (χ4v) is 4.46. The second-order valence-corrected chi connectivity index (χ2v) is 7.62. The van der Waals surface area contributed by atoms with Gasteiger partial charge in [-0.3, -0.25) is 0 Å². The lowest BCUT2D eigenvalue weighted by Crippen LogP contribution is -2.21. The summed E-state index contributed by atoms with van der Waals surface area (Å²) in [6.45, 7) is 7.75. The lowest BCUT2D eigenvalue weighted by atomic mass is 9.69. The van der Waals surface area contributed by atoms with Crippen molar-refractivity contribution in [2.24, 2.45) is 0 Å². The molecule has 0 fully saturated rings. The zero-order valence-corrected chi connectivity index (χ0v) is 16.1. The summed E-state index contributed by atoms with van der Waals surface area (Å²) in [6.07, 6.45) is 6.88. The maximum atomic E-state index is 13.5. The number of hydrogen-bond donors (Lipinski definition) is 0. The summed E-state index contributed by atoms with van der Waals surface area (Å²) in [5.41, 5.74) is 7.70. The van der Waals surface area contributed by atoms with Gasteiger partial charge in [-0.15, -0.1) is 0 Å². The van der Waals surface area contributed by atoms with E-state index in [2.05, 4.69) is 55.6 Å². The van der Waals surface area contributed by atoms with Crippen LogP contribution in [0.25, 0.3) is 12.2 Å². The molecule has 0 saturated heterocycles. The number of aryl methyl sites for hydroxylation is 1. The maximum absolute atomic E-state index is 13.5. The largest absolute Gasteiger partial charge is 0.207 e. The standard InChI is InChI=1S/C27H25F/c1-3-19-5-7-21(8-6-19)18-27-25(22-10-13-24(28)14-11-22)16-12-23-17-20(4-2)9-15-26(23)27/h3-11,13-15,17,25,27H,1-2,12,16,18H2. The van der Waals surface area contributed by atoms with Gasteiger partial charge in [0.2, 0.25) is 0 Å². The van der Waals surface area contributed by atoms with Crippen molar-refractivity contribution in [3.63, 3.8) is 0 Å².